The number of rotatable bonds is 3. The Bertz CT molecular complexity index is 395. The molecule has 1 atom stereocenters. The van der Waals surface area contributed by atoms with Crippen molar-refractivity contribution in [2.24, 2.45) is 10.9 Å². The van der Waals surface area contributed by atoms with E-state index >= 15 is 0 Å². The van der Waals surface area contributed by atoms with Gasteiger partial charge in [-0.1, -0.05) is 55.4 Å². The molecule has 3 heteroatoms. The molecular formula is C14H20N2S. The van der Waals surface area contributed by atoms with Crippen molar-refractivity contribution in [3.63, 3.8) is 0 Å². The first-order chi connectivity index (χ1) is 8.15. The van der Waals surface area contributed by atoms with Crippen LogP contribution in [0.3, 0.4) is 0 Å². The van der Waals surface area contributed by atoms with Gasteiger partial charge in [-0.15, -0.1) is 0 Å². The van der Waals surface area contributed by atoms with E-state index in [9.17, 15) is 0 Å². The van der Waals surface area contributed by atoms with Crippen LogP contribution in [-0.4, -0.2) is 17.0 Å². The number of thioether (sulfide) groups is 1. The third-order valence-corrected chi connectivity index (χ3v) is 4.09. The van der Waals surface area contributed by atoms with E-state index in [1.807, 2.05) is 11.8 Å². The van der Waals surface area contributed by atoms with Gasteiger partial charge in [-0.25, -0.2) is 0 Å². The predicted molar refractivity (Wildman–Crippen MR) is 76.5 cm³/mol. The van der Waals surface area contributed by atoms with Crippen molar-refractivity contribution in [3.8, 4) is 0 Å². The molecular weight excluding hydrogens is 228 g/mol. The van der Waals surface area contributed by atoms with Gasteiger partial charge in [0.1, 0.15) is 0 Å². The molecule has 1 aliphatic heterocycles. The molecule has 0 aliphatic carbocycles. The van der Waals surface area contributed by atoms with Crippen LogP contribution in [0.25, 0.3) is 0 Å². The monoisotopic (exact) mass is 248 g/mol. The predicted octanol–water partition coefficient (Wildman–Crippen LogP) is 3.21. The lowest BCUT2D eigenvalue weighted by Crippen LogP contribution is -2.31. The van der Waals surface area contributed by atoms with Crippen molar-refractivity contribution < 1.29 is 0 Å². The summed E-state index contributed by atoms with van der Waals surface area (Å²) < 4.78 is 0. The summed E-state index contributed by atoms with van der Waals surface area (Å²) in [5, 5.41) is 4.59. The Morgan fingerprint density at radius 3 is 2.65 bits per heavy atom. The van der Waals surface area contributed by atoms with E-state index in [0.717, 1.165) is 17.5 Å². The number of aryl methyl sites for hydroxylation is 1. The molecule has 0 spiro atoms. The van der Waals surface area contributed by atoms with Gasteiger partial charge in [0.2, 0.25) is 0 Å². The van der Waals surface area contributed by atoms with Gasteiger partial charge in [0, 0.05) is 11.8 Å². The van der Waals surface area contributed by atoms with Gasteiger partial charge >= 0.3 is 0 Å². The minimum atomic E-state index is 0.580. The second-order valence-electron chi connectivity index (χ2n) is 4.91. The zero-order valence-corrected chi connectivity index (χ0v) is 11.6. The molecule has 1 aliphatic rings. The second-order valence-corrected chi connectivity index (χ2v) is 5.92. The number of nitrogens with one attached hydrogen (secondary N) is 1. The molecule has 1 saturated heterocycles. The van der Waals surface area contributed by atoms with Gasteiger partial charge in [-0.3, -0.25) is 4.99 Å². The lowest BCUT2D eigenvalue weighted by Gasteiger charge is -2.13. The largest absolute Gasteiger partial charge is 0.361 e. The smallest absolute Gasteiger partial charge is 0.157 e. The van der Waals surface area contributed by atoms with Gasteiger partial charge < -0.3 is 5.32 Å². The molecule has 1 heterocycles. The van der Waals surface area contributed by atoms with E-state index in [-0.39, 0.29) is 0 Å². The summed E-state index contributed by atoms with van der Waals surface area (Å²) in [7, 11) is 0. The van der Waals surface area contributed by atoms with Gasteiger partial charge in [-0.05, 0) is 18.4 Å². The number of nitrogens with zero attached hydrogens (tertiary/aromatic N) is 1. The minimum absolute atomic E-state index is 0.580. The van der Waals surface area contributed by atoms with Crippen molar-refractivity contribution in [1.82, 2.24) is 5.32 Å². The first kappa shape index (κ1) is 12.5. The lowest BCUT2D eigenvalue weighted by molar-refractivity contribution is 0.503. The van der Waals surface area contributed by atoms with Gasteiger partial charge in [0.15, 0.2) is 5.17 Å². The van der Waals surface area contributed by atoms with Crippen molar-refractivity contribution in [3.05, 3.63) is 35.4 Å². The average molecular weight is 248 g/mol. The van der Waals surface area contributed by atoms with Gasteiger partial charge in [0.25, 0.3) is 0 Å². The molecule has 2 nitrogen and oxygen atoms in total. The Labute approximate surface area is 108 Å². The van der Waals surface area contributed by atoms with Crippen LogP contribution in [0.15, 0.2) is 29.3 Å². The maximum absolute atomic E-state index is 4.62. The highest BCUT2D eigenvalue weighted by molar-refractivity contribution is 8.14. The Kier molecular flexibility index (Phi) is 4.11. The topological polar surface area (TPSA) is 24.4 Å². The van der Waals surface area contributed by atoms with Crippen LogP contribution in [0.5, 0.6) is 0 Å². The van der Waals surface area contributed by atoms with Crippen LogP contribution >= 0.6 is 11.8 Å². The summed E-state index contributed by atoms with van der Waals surface area (Å²) in [6.07, 6.45) is 0. The first-order valence-corrected chi connectivity index (χ1v) is 7.13. The second kappa shape index (κ2) is 5.58. The van der Waals surface area contributed by atoms with E-state index in [2.05, 4.69) is 55.3 Å². The molecule has 1 aromatic carbocycles. The van der Waals surface area contributed by atoms with Crippen molar-refractivity contribution in [1.29, 1.82) is 0 Å². The first-order valence-electron chi connectivity index (χ1n) is 6.14. The number of amidine groups is 1. The summed E-state index contributed by atoms with van der Waals surface area (Å²) >= 11 is 1.84. The molecule has 92 valence electrons. The van der Waals surface area contributed by atoms with Crippen LogP contribution in [-0.2, 0) is 6.54 Å². The fourth-order valence-corrected chi connectivity index (χ4v) is 2.91. The minimum Gasteiger partial charge on any atom is -0.361 e. The number of hydrogen-bond acceptors (Lipinski definition) is 2. The highest BCUT2D eigenvalue weighted by Crippen LogP contribution is 2.19. The van der Waals surface area contributed by atoms with Crippen LogP contribution in [0.4, 0.5) is 0 Å². The zero-order chi connectivity index (χ0) is 12.3. The third-order valence-electron chi connectivity index (χ3n) is 3.04. The van der Waals surface area contributed by atoms with Crippen molar-refractivity contribution in [2.45, 2.75) is 33.4 Å². The summed E-state index contributed by atoms with van der Waals surface area (Å²) in [6, 6.07) is 9.16. The molecule has 1 fully saturated rings. The molecule has 2 rings (SSSR count). The van der Waals surface area contributed by atoms with Crippen molar-refractivity contribution >= 4 is 16.9 Å². The molecule has 1 N–H and O–H groups in total. The summed E-state index contributed by atoms with van der Waals surface area (Å²) in [6.45, 7) is 7.39. The molecule has 0 saturated carbocycles. The summed E-state index contributed by atoms with van der Waals surface area (Å²) in [5.41, 5.74) is 2.58. The molecule has 0 bridgehead atoms. The zero-order valence-electron chi connectivity index (χ0n) is 10.7. The van der Waals surface area contributed by atoms with Gasteiger partial charge in [0.05, 0.1) is 6.54 Å². The van der Waals surface area contributed by atoms with E-state index in [1.165, 1.54) is 11.1 Å². The van der Waals surface area contributed by atoms with Crippen LogP contribution in [0, 0.1) is 12.8 Å². The van der Waals surface area contributed by atoms with E-state index in [1.54, 1.807) is 0 Å². The quantitative estimate of drug-likeness (QED) is 0.888. The molecule has 0 radical (unpaired) electrons. The Morgan fingerprint density at radius 1 is 1.35 bits per heavy atom. The molecule has 1 aromatic rings. The Hall–Kier alpha value is -0.960. The van der Waals surface area contributed by atoms with Crippen LogP contribution in [0.1, 0.15) is 25.0 Å². The highest BCUT2D eigenvalue weighted by atomic mass is 32.2. The molecule has 0 unspecified atom stereocenters. The Morgan fingerprint density at radius 2 is 2.06 bits per heavy atom. The average Bonchev–Trinajstić information content (AvgIpc) is 2.77. The maximum Gasteiger partial charge on any atom is 0.157 e. The molecule has 0 aromatic heterocycles. The van der Waals surface area contributed by atoms with Crippen LogP contribution < -0.4 is 5.32 Å². The maximum atomic E-state index is 4.62. The van der Waals surface area contributed by atoms with E-state index < -0.39 is 0 Å². The highest BCUT2D eigenvalue weighted by Gasteiger charge is 2.22. The lowest BCUT2D eigenvalue weighted by atomic mass is 10.1. The number of benzene rings is 1. The van der Waals surface area contributed by atoms with E-state index in [4.69, 9.17) is 0 Å². The molecule has 0 amide bonds. The van der Waals surface area contributed by atoms with E-state index in [0.29, 0.717) is 12.0 Å². The SMILES string of the molecule is Cc1ccc(CN=C2N[C@@H](C(C)C)CS2)cc1. The fraction of sp³-hybridized carbons (Fsp3) is 0.500. The normalized spacial score (nSPS) is 22.1. The number of hydrogen-bond donors (Lipinski definition) is 1. The fourth-order valence-electron chi connectivity index (χ4n) is 1.72. The van der Waals surface area contributed by atoms with Gasteiger partial charge in [-0.2, -0.15) is 0 Å². The summed E-state index contributed by atoms with van der Waals surface area (Å²) in [4.78, 5) is 4.62. The standard InChI is InChI=1S/C14H20N2S/c1-10(2)13-9-17-14(16-13)15-8-12-6-4-11(3)5-7-12/h4-7,10,13H,8-9H2,1-3H3,(H,15,16)/t13-/m1/s1. The third kappa shape index (κ3) is 3.50. The summed E-state index contributed by atoms with van der Waals surface area (Å²) in [5.74, 6) is 1.82. The van der Waals surface area contributed by atoms with Crippen molar-refractivity contribution in [2.75, 3.05) is 5.75 Å². The number of aliphatic imine (C=N–C) groups is 1. The van der Waals surface area contributed by atoms with Crippen LogP contribution in [0.2, 0.25) is 0 Å². The Balaban J connectivity index is 1.91. The molecule has 17 heavy (non-hydrogen) atoms.